The maximum atomic E-state index is 13.4. The van der Waals surface area contributed by atoms with Crippen LogP contribution in [0.3, 0.4) is 0 Å². The second-order valence-electron chi connectivity index (χ2n) is 9.21. The van der Waals surface area contributed by atoms with Crippen molar-refractivity contribution in [1.29, 1.82) is 0 Å². The third kappa shape index (κ3) is 9.21. The molecule has 0 aliphatic heterocycles. The molecular weight excluding hydrogens is 497 g/mol. The number of nitrogens with one attached hydrogen (secondary N) is 2. The first-order valence-electron chi connectivity index (χ1n) is 12.7. The van der Waals surface area contributed by atoms with Gasteiger partial charge in [0.2, 0.25) is 21.8 Å². The zero-order chi connectivity index (χ0) is 26.8. The lowest BCUT2D eigenvalue weighted by Crippen LogP contribution is -2.48. The highest BCUT2D eigenvalue weighted by Gasteiger charge is 2.28. The number of hydrogen-bond acceptors (Lipinski definition) is 5. The van der Waals surface area contributed by atoms with Gasteiger partial charge in [-0.15, -0.1) is 0 Å². The largest absolute Gasteiger partial charge is 0.382 e. The molecule has 2 N–H and O–H groups in total. The summed E-state index contributed by atoms with van der Waals surface area (Å²) in [6.07, 6.45) is 2.91. The molecule has 1 fully saturated rings. The fraction of sp³-hybridized carbons (Fsp3) is 0.481. The molecule has 0 aromatic heterocycles. The fourth-order valence-corrected chi connectivity index (χ4v) is 5.07. The first-order chi connectivity index (χ1) is 17.7. The van der Waals surface area contributed by atoms with E-state index in [1.165, 1.54) is 17.0 Å². The summed E-state index contributed by atoms with van der Waals surface area (Å²) >= 11 is 0. The Morgan fingerprint density at radius 1 is 1.08 bits per heavy atom. The van der Waals surface area contributed by atoms with Crippen molar-refractivity contribution in [2.24, 2.45) is 0 Å². The molecule has 1 saturated carbocycles. The minimum atomic E-state index is -3.53. The third-order valence-electron chi connectivity index (χ3n) is 6.16. The molecule has 0 radical (unpaired) electrons. The Morgan fingerprint density at radius 2 is 1.73 bits per heavy atom. The summed E-state index contributed by atoms with van der Waals surface area (Å²) in [7, 11) is -3.53. The van der Waals surface area contributed by atoms with Crippen molar-refractivity contribution in [3.05, 3.63) is 65.5 Å². The zero-order valence-corrected chi connectivity index (χ0v) is 22.2. The molecule has 2 aromatic rings. The van der Waals surface area contributed by atoms with Crippen LogP contribution in [0.25, 0.3) is 0 Å². The Morgan fingerprint density at radius 3 is 2.35 bits per heavy atom. The molecule has 1 unspecified atom stereocenters. The number of carbonyl (C=O) groups is 2. The summed E-state index contributed by atoms with van der Waals surface area (Å²) in [5, 5.41) is 2.85. The van der Waals surface area contributed by atoms with E-state index in [-0.39, 0.29) is 41.5 Å². The lowest BCUT2D eigenvalue weighted by Gasteiger charge is -2.29. The van der Waals surface area contributed by atoms with Gasteiger partial charge in [0.05, 0.1) is 4.90 Å². The standard InChI is InChI=1S/C27H36FN3O5S/c1-3-36-18-4-17-29-27(33)20(2)31(19-22-5-10-23(28)11-6-22)26(32)16-9-21-7-14-25(15-8-21)37(34,35)30-24-12-13-24/h5-8,10-11,14-15,20,24,30H,3-4,9,12-13,16-19H2,1-2H3,(H,29,33). The number of rotatable bonds is 15. The van der Waals surface area contributed by atoms with E-state index in [9.17, 15) is 22.4 Å². The highest BCUT2D eigenvalue weighted by atomic mass is 32.2. The van der Waals surface area contributed by atoms with Crippen LogP contribution in [0.1, 0.15) is 50.7 Å². The number of hydrogen-bond donors (Lipinski definition) is 2. The predicted molar refractivity (Wildman–Crippen MR) is 139 cm³/mol. The highest BCUT2D eigenvalue weighted by Crippen LogP contribution is 2.22. The van der Waals surface area contributed by atoms with Crippen molar-refractivity contribution in [3.63, 3.8) is 0 Å². The molecule has 0 saturated heterocycles. The van der Waals surface area contributed by atoms with Crippen molar-refractivity contribution >= 4 is 21.8 Å². The monoisotopic (exact) mass is 533 g/mol. The second kappa shape index (κ2) is 13.6. The summed E-state index contributed by atoms with van der Waals surface area (Å²) in [4.78, 5) is 27.7. The van der Waals surface area contributed by atoms with Crippen LogP contribution in [0.4, 0.5) is 4.39 Å². The van der Waals surface area contributed by atoms with E-state index in [0.29, 0.717) is 38.2 Å². The SMILES string of the molecule is CCOCCCNC(=O)C(C)N(Cc1ccc(F)cc1)C(=O)CCc1ccc(S(=O)(=O)NC2CC2)cc1. The number of nitrogens with zero attached hydrogens (tertiary/aromatic N) is 1. The molecule has 37 heavy (non-hydrogen) atoms. The van der Waals surface area contributed by atoms with Gasteiger partial charge < -0.3 is 15.0 Å². The summed E-state index contributed by atoms with van der Waals surface area (Å²) in [5.41, 5.74) is 1.52. The van der Waals surface area contributed by atoms with E-state index >= 15 is 0 Å². The third-order valence-corrected chi connectivity index (χ3v) is 7.70. The molecule has 202 valence electrons. The van der Waals surface area contributed by atoms with Gasteiger partial charge in [0.1, 0.15) is 11.9 Å². The summed E-state index contributed by atoms with van der Waals surface area (Å²) in [6.45, 7) is 5.33. The van der Waals surface area contributed by atoms with Gasteiger partial charge >= 0.3 is 0 Å². The first kappa shape index (κ1) is 28.7. The molecule has 3 rings (SSSR count). The van der Waals surface area contributed by atoms with Crippen molar-refractivity contribution in [3.8, 4) is 0 Å². The molecule has 10 heteroatoms. The molecule has 1 aliphatic carbocycles. The van der Waals surface area contributed by atoms with Crippen molar-refractivity contribution in [1.82, 2.24) is 14.9 Å². The number of carbonyl (C=O) groups excluding carboxylic acids is 2. The molecule has 0 bridgehead atoms. The van der Waals surface area contributed by atoms with Gasteiger partial charge in [-0.3, -0.25) is 9.59 Å². The Hall–Kier alpha value is -2.82. The Kier molecular flexibility index (Phi) is 10.6. The van der Waals surface area contributed by atoms with E-state index in [0.717, 1.165) is 18.4 Å². The average molecular weight is 534 g/mol. The molecule has 8 nitrogen and oxygen atoms in total. The van der Waals surface area contributed by atoms with Gasteiger partial charge in [0, 0.05) is 38.8 Å². The fourth-order valence-electron chi connectivity index (χ4n) is 3.77. The summed E-state index contributed by atoms with van der Waals surface area (Å²) < 4.78 is 46.0. The van der Waals surface area contributed by atoms with Crippen LogP contribution in [0.5, 0.6) is 0 Å². The topological polar surface area (TPSA) is 105 Å². The predicted octanol–water partition coefficient (Wildman–Crippen LogP) is 3.16. The van der Waals surface area contributed by atoms with E-state index < -0.39 is 16.1 Å². The minimum Gasteiger partial charge on any atom is -0.382 e. The van der Waals surface area contributed by atoms with E-state index in [2.05, 4.69) is 10.0 Å². The van der Waals surface area contributed by atoms with Gasteiger partial charge in [-0.25, -0.2) is 17.5 Å². The molecule has 1 atom stereocenters. The highest BCUT2D eigenvalue weighted by molar-refractivity contribution is 7.89. The zero-order valence-electron chi connectivity index (χ0n) is 21.4. The lowest BCUT2D eigenvalue weighted by molar-refractivity contribution is -0.140. The van der Waals surface area contributed by atoms with E-state index in [1.54, 1.807) is 43.3 Å². The van der Waals surface area contributed by atoms with Gasteiger partial charge in [-0.05, 0) is 74.9 Å². The van der Waals surface area contributed by atoms with Crippen molar-refractivity contribution < 1.29 is 27.1 Å². The van der Waals surface area contributed by atoms with Crippen LogP contribution < -0.4 is 10.0 Å². The molecule has 0 heterocycles. The maximum absolute atomic E-state index is 13.4. The smallest absolute Gasteiger partial charge is 0.242 e. The van der Waals surface area contributed by atoms with Crippen LogP contribution >= 0.6 is 0 Å². The molecular formula is C27H36FN3O5S. The molecule has 2 aromatic carbocycles. The van der Waals surface area contributed by atoms with Crippen LogP contribution in [-0.2, 0) is 37.3 Å². The Bertz CT molecular complexity index is 1140. The number of sulfonamides is 1. The van der Waals surface area contributed by atoms with E-state index in [1.807, 2.05) is 6.92 Å². The summed E-state index contributed by atoms with van der Waals surface area (Å²) in [5.74, 6) is -0.877. The Labute approximate surface area is 218 Å². The van der Waals surface area contributed by atoms with Crippen molar-refractivity contribution in [2.45, 2.75) is 69.5 Å². The van der Waals surface area contributed by atoms with Gasteiger partial charge in [0.15, 0.2) is 0 Å². The minimum absolute atomic E-state index is 0.0262. The molecule has 2 amide bonds. The second-order valence-corrected chi connectivity index (χ2v) is 10.9. The maximum Gasteiger partial charge on any atom is 0.242 e. The van der Waals surface area contributed by atoms with Crippen LogP contribution in [0, 0.1) is 5.82 Å². The number of benzene rings is 2. The lowest BCUT2D eigenvalue weighted by atomic mass is 10.1. The van der Waals surface area contributed by atoms with Crippen LogP contribution in [0.15, 0.2) is 53.4 Å². The first-order valence-corrected chi connectivity index (χ1v) is 14.2. The van der Waals surface area contributed by atoms with Gasteiger partial charge in [-0.1, -0.05) is 24.3 Å². The van der Waals surface area contributed by atoms with Crippen LogP contribution in [-0.4, -0.2) is 57.0 Å². The normalized spacial score (nSPS) is 14.2. The van der Waals surface area contributed by atoms with Gasteiger partial charge in [-0.2, -0.15) is 0 Å². The number of amides is 2. The molecule has 0 spiro atoms. The number of aryl methyl sites for hydroxylation is 1. The molecule has 1 aliphatic rings. The quantitative estimate of drug-likeness (QED) is 0.342. The summed E-state index contributed by atoms with van der Waals surface area (Å²) in [6, 6.07) is 11.6. The van der Waals surface area contributed by atoms with Crippen LogP contribution in [0.2, 0.25) is 0 Å². The average Bonchev–Trinajstić information content (AvgIpc) is 3.70. The van der Waals surface area contributed by atoms with Gasteiger partial charge in [0.25, 0.3) is 0 Å². The number of ether oxygens (including phenoxy) is 1. The van der Waals surface area contributed by atoms with E-state index in [4.69, 9.17) is 4.74 Å². The number of halogens is 1. The Balaban J connectivity index is 1.62. The van der Waals surface area contributed by atoms with Crippen molar-refractivity contribution in [2.75, 3.05) is 19.8 Å².